The molecule has 1 aliphatic carbocycles. The molecule has 3 fully saturated rings. The molecule has 5 nitrogen and oxygen atoms in total. The van der Waals surface area contributed by atoms with Gasteiger partial charge in [0.05, 0.1) is 11.5 Å². The molecule has 0 bridgehead atoms. The molecule has 1 N–H and O–H groups in total. The van der Waals surface area contributed by atoms with E-state index >= 15 is 0 Å². The molecule has 3 atom stereocenters. The fourth-order valence-corrected chi connectivity index (χ4v) is 5.89. The predicted molar refractivity (Wildman–Crippen MR) is 75.3 cm³/mol. The molecule has 0 aromatic carbocycles. The number of aliphatic carboxylic acids is 1. The number of rotatable bonds is 2. The number of fused-ring (bicyclic) bond motifs is 1. The highest BCUT2D eigenvalue weighted by Crippen LogP contribution is 2.42. The van der Waals surface area contributed by atoms with Crippen molar-refractivity contribution in [2.75, 3.05) is 11.5 Å². The van der Waals surface area contributed by atoms with Crippen LogP contribution in [-0.2, 0) is 14.6 Å². The molecular weight excluding hydrogens is 278 g/mol. The molecule has 20 heavy (non-hydrogen) atoms. The summed E-state index contributed by atoms with van der Waals surface area (Å²) >= 11 is 0. The minimum atomic E-state index is -2.89. The molecular formula is C14H23NO4S. The Kier molecular flexibility index (Phi) is 3.79. The molecule has 0 aromatic rings. The van der Waals surface area contributed by atoms with Gasteiger partial charge in [0.25, 0.3) is 0 Å². The van der Waals surface area contributed by atoms with E-state index in [9.17, 15) is 18.3 Å². The van der Waals surface area contributed by atoms with Crippen molar-refractivity contribution in [3.8, 4) is 0 Å². The standard InChI is InChI=1S/C14H23NO4S/c16-14(17)13-9-10-3-1-2-4-12(10)15(13)11-5-7-20(18,19)8-6-11/h10-13H,1-9H2,(H,16,17). The van der Waals surface area contributed by atoms with Crippen molar-refractivity contribution in [2.45, 2.75) is 63.1 Å². The molecule has 3 rings (SSSR count). The summed E-state index contributed by atoms with van der Waals surface area (Å²) in [6.45, 7) is 0. The van der Waals surface area contributed by atoms with Crippen LogP contribution in [0.1, 0.15) is 44.9 Å². The van der Waals surface area contributed by atoms with Gasteiger partial charge in [-0.3, -0.25) is 9.69 Å². The minimum absolute atomic E-state index is 0.146. The highest BCUT2D eigenvalue weighted by molar-refractivity contribution is 7.91. The molecule has 0 radical (unpaired) electrons. The summed E-state index contributed by atoms with van der Waals surface area (Å²) in [6, 6.07) is 0.122. The zero-order valence-corrected chi connectivity index (χ0v) is 12.5. The van der Waals surface area contributed by atoms with E-state index in [0.29, 0.717) is 24.8 Å². The fourth-order valence-electron chi connectivity index (χ4n) is 4.42. The van der Waals surface area contributed by atoms with Crippen LogP contribution in [-0.4, -0.2) is 54.0 Å². The second kappa shape index (κ2) is 5.30. The molecule has 3 aliphatic rings. The molecule has 0 spiro atoms. The van der Waals surface area contributed by atoms with Crippen LogP contribution in [0.2, 0.25) is 0 Å². The van der Waals surface area contributed by atoms with Crippen molar-refractivity contribution in [3.63, 3.8) is 0 Å². The summed E-state index contributed by atoms with van der Waals surface area (Å²) in [5.41, 5.74) is 0. The number of hydrogen-bond donors (Lipinski definition) is 1. The lowest BCUT2D eigenvalue weighted by Crippen LogP contribution is -2.51. The topological polar surface area (TPSA) is 74.7 Å². The van der Waals surface area contributed by atoms with E-state index in [0.717, 1.165) is 19.3 Å². The van der Waals surface area contributed by atoms with Gasteiger partial charge in [0, 0.05) is 12.1 Å². The maximum atomic E-state index is 11.6. The van der Waals surface area contributed by atoms with Crippen LogP contribution in [0.15, 0.2) is 0 Å². The number of hydrogen-bond acceptors (Lipinski definition) is 4. The first-order valence-corrected chi connectivity index (χ1v) is 9.51. The van der Waals surface area contributed by atoms with Crippen molar-refractivity contribution in [2.24, 2.45) is 5.92 Å². The Bertz CT molecular complexity index is 475. The average molecular weight is 301 g/mol. The largest absolute Gasteiger partial charge is 0.480 e. The Balaban J connectivity index is 1.79. The lowest BCUT2D eigenvalue weighted by molar-refractivity contribution is -0.143. The summed E-state index contributed by atoms with van der Waals surface area (Å²) < 4.78 is 23.1. The van der Waals surface area contributed by atoms with Gasteiger partial charge < -0.3 is 5.11 Å². The van der Waals surface area contributed by atoms with Gasteiger partial charge >= 0.3 is 5.97 Å². The number of carboxylic acids is 1. The fraction of sp³-hybridized carbons (Fsp3) is 0.929. The number of carbonyl (C=O) groups is 1. The van der Waals surface area contributed by atoms with Crippen molar-refractivity contribution < 1.29 is 18.3 Å². The van der Waals surface area contributed by atoms with Crippen molar-refractivity contribution >= 4 is 15.8 Å². The lowest BCUT2D eigenvalue weighted by atomic mass is 9.84. The quantitative estimate of drug-likeness (QED) is 0.831. The zero-order chi connectivity index (χ0) is 14.3. The van der Waals surface area contributed by atoms with Gasteiger partial charge in [-0.2, -0.15) is 0 Å². The van der Waals surface area contributed by atoms with E-state index in [1.807, 2.05) is 0 Å². The Morgan fingerprint density at radius 3 is 2.35 bits per heavy atom. The second-order valence-corrected chi connectivity index (χ2v) is 8.84. The third-order valence-corrected chi connectivity index (χ3v) is 7.08. The number of nitrogens with zero attached hydrogens (tertiary/aromatic N) is 1. The van der Waals surface area contributed by atoms with E-state index in [1.165, 1.54) is 12.8 Å². The smallest absolute Gasteiger partial charge is 0.320 e. The van der Waals surface area contributed by atoms with Gasteiger partial charge in [-0.1, -0.05) is 12.8 Å². The third-order valence-electron chi connectivity index (χ3n) is 5.37. The molecule has 2 heterocycles. The van der Waals surface area contributed by atoms with Crippen LogP contribution < -0.4 is 0 Å². The normalized spacial score (nSPS) is 38.5. The third kappa shape index (κ3) is 2.60. The zero-order valence-electron chi connectivity index (χ0n) is 11.7. The Morgan fingerprint density at radius 1 is 1.05 bits per heavy atom. The summed E-state index contributed by atoms with van der Waals surface area (Å²) in [4.78, 5) is 13.7. The predicted octanol–water partition coefficient (Wildman–Crippen LogP) is 1.28. The van der Waals surface area contributed by atoms with Gasteiger partial charge in [0.15, 0.2) is 0 Å². The van der Waals surface area contributed by atoms with Crippen LogP contribution in [0, 0.1) is 5.92 Å². The van der Waals surface area contributed by atoms with E-state index in [2.05, 4.69) is 4.90 Å². The van der Waals surface area contributed by atoms with Crippen LogP contribution >= 0.6 is 0 Å². The Labute approximate surface area is 120 Å². The van der Waals surface area contributed by atoms with Gasteiger partial charge in [-0.05, 0) is 38.0 Å². The van der Waals surface area contributed by atoms with Crippen LogP contribution in [0.4, 0.5) is 0 Å². The maximum Gasteiger partial charge on any atom is 0.320 e. The number of carboxylic acid groups (broad SMARTS) is 1. The summed E-state index contributed by atoms with van der Waals surface area (Å²) in [6.07, 6.45) is 6.57. The highest BCUT2D eigenvalue weighted by Gasteiger charge is 2.48. The van der Waals surface area contributed by atoms with Crippen LogP contribution in [0.25, 0.3) is 0 Å². The molecule has 1 saturated carbocycles. The summed E-state index contributed by atoms with van der Waals surface area (Å²) in [7, 11) is -2.89. The van der Waals surface area contributed by atoms with E-state index in [4.69, 9.17) is 0 Å². The van der Waals surface area contributed by atoms with E-state index in [1.54, 1.807) is 0 Å². The molecule has 3 unspecified atom stereocenters. The SMILES string of the molecule is O=C(O)C1CC2CCCCC2N1C1CCS(=O)(=O)CC1. The van der Waals surface area contributed by atoms with Crippen molar-refractivity contribution in [3.05, 3.63) is 0 Å². The van der Waals surface area contributed by atoms with Gasteiger partial charge in [-0.25, -0.2) is 8.42 Å². The van der Waals surface area contributed by atoms with Crippen molar-refractivity contribution in [1.82, 2.24) is 4.90 Å². The lowest BCUT2D eigenvalue weighted by Gasteiger charge is -2.40. The second-order valence-electron chi connectivity index (χ2n) is 6.53. The molecule has 0 amide bonds. The summed E-state index contributed by atoms with van der Waals surface area (Å²) in [5, 5.41) is 9.50. The first kappa shape index (κ1) is 14.3. The monoisotopic (exact) mass is 301 g/mol. The Hall–Kier alpha value is -0.620. The molecule has 0 aromatic heterocycles. The number of likely N-dealkylation sites (tertiary alicyclic amines) is 1. The van der Waals surface area contributed by atoms with Gasteiger partial charge in [0.2, 0.25) is 0 Å². The minimum Gasteiger partial charge on any atom is -0.480 e. The Morgan fingerprint density at radius 2 is 1.70 bits per heavy atom. The van der Waals surface area contributed by atoms with Crippen LogP contribution in [0.3, 0.4) is 0 Å². The van der Waals surface area contributed by atoms with Gasteiger partial charge in [0.1, 0.15) is 15.9 Å². The molecule has 114 valence electrons. The van der Waals surface area contributed by atoms with Crippen molar-refractivity contribution in [1.29, 1.82) is 0 Å². The first-order valence-electron chi connectivity index (χ1n) is 7.68. The molecule has 2 aliphatic heterocycles. The summed E-state index contributed by atoms with van der Waals surface area (Å²) in [5.74, 6) is 0.215. The van der Waals surface area contributed by atoms with Crippen LogP contribution in [0.5, 0.6) is 0 Å². The van der Waals surface area contributed by atoms with Gasteiger partial charge in [-0.15, -0.1) is 0 Å². The number of sulfone groups is 1. The molecule has 2 saturated heterocycles. The maximum absolute atomic E-state index is 11.6. The van der Waals surface area contributed by atoms with E-state index < -0.39 is 21.8 Å². The highest BCUT2D eigenvalue weighted by atomic mass is 32.2. The average Bonchev–Trinajstić information content (AvgIpc) is 2.78. The first-order chi connectivity index (χ1) is 9.48. The van der Waals surface area contributed by atoms with E-state index in [-0.39, 0.29) is 17.5 Å². The molecule has 6 heteroatoms.